The first-order valence-electron chi connectivity index (χ1n) is 7.11. The fraction of sp³-hybridized carbons (Fsp3) is 0.500. The number of guanidine groups is 1. The molecule has 0 aliphatic carbocycles. The molecule has 2 rings (SSSR count). The number of furan rings is 1. The number of hydrogen-bond acceptors (Lipinski definition) is 5. The molecular formula is C14H22IN5O2. The monoisotopic (exact) mass is 419 g/mol. The molecule has 7 nitrogen and oxygen atoms in total. The zero-order chi connectivity index (χ0) is 14.9. The summed E-state index contributed by atoms with van der Waals surface area (Å²) in [4.78, 5) is 8.62. The minimum atomic E-state index is 0. The molecule has 0 amide bonds. The Kier molecular flexibility index (Phi) is 8.56. The summed E-state index contributed by atoms with van der Waals surface area (Å²) in [5, 5.41) is 10.2. The lowest BCUT2D eigenvalue weighted by atomic mass is 10.3. The highest BCUT2D eigenvalue weighted by atomic mass is 127. The molecule has 0 unspecified atom stereocenters. The van der Waals surface area contributed by atoms with Gasteiger partial charge in [-0.2, -0.15) is 4.98 Å². The minimum absolute atomic E-state index is 0. The molecule has 0 atom stereocenters. The van der Waals surface area contributed by atoms with Gasteiger partial charge in [-0.15, -0.1) is 24.0 Å². The maximum atomic E-state index is 5.29. The van der Waals surface area contributed by atoms with Crippen molar-refractivity contribution in [2.24, 2.45) is 4.99 Å². The van der Waals surface area contributed by atoms with Crippen molar-refractivity contribution in [2.45, 2.75) is 26.7 Å². The normalized spacial score (nSPS) is 11.1. The van der Waals surface area contributed by atoms with Gasteiger partial charge in [0.2, 0.25) is 5.89 Å². The number of aliphatic imine (C=N–C) groups is 1. The van der Waals surface area contributed by atoms with Gasteiger partial charge in [0.05, 0.1) is 12.8 Å². The minimum Gasteiger partial charge on any atom is -0.469 e. The molecule has 0 aromatic carbocycles. The number of aromatic nitrogens is 2. The van der Waals surface area contributed by atoms with Crippen LogP contribution < -0.4 is 10.6 Å². The predicted molar refractivity (Wildman–Crippen MR) is 94.5 cm³/mol. The highest BCUT2D eigenvalue weighted by Gasteiger charge is 2.03. The fourth-order valence-electron chi connectivity index (χ4n) is 1.81. The Bertz CT molecular complexity index is 553. The van der Waals surface area contributed by atoms with Gasteiger partial charge >= 0.3 is 0 Å². The van der Waals surface area contributed by atoms with Crippen molar-refractivity contribution in [3.8, 4) is 0 Å². The van der Waals surface area contributed by atoms with Crippen molar-refractivity contribution in [3.63, 3.8) is 0 Å². The van der Waals surface area contributed by atoms with Crippen LogP contribution in [0.2, 0.25) is 0 Å². The summed E-state index contributed by atoms with van der Waals surface area (Å²) in [6.07, 6.45) is 3.14. The number of aryl methyl sites for hydroxylation is 1. The number of nitrogens with zero attached hydrogens (tertiary/aromatic N) is 3. The van der Waals surface area contributed by atoms with Gasteiger partial charge in [-0.05, 0) is 26.0 Å². The van der Waals surface area contributed by atoms with E-state index in [0.717, 1.165) is 31.2 Å². The van der Waals surface area contributed by atoms with E-state index in [1.165, 1.54) is 0 Å². The lowest BCUT2D eigenvalue weighted by Gasteiger charge is -2.10. The van der Waals surface area contributed by atoms with Gasteiger partial charge < -0.3 is 19.6 Å². The van der Waals surface area contributed by atoms with Gasteiger partial charge in [0, 0.05) is 25.9 Å². The lowest BCUT2D eigenvalue weighted by Crippen LogP contribution is -2.38. The quantitative estimate of drug-likeness (QED) is 0.405. The second-order valence-corrected chi connectivity index (χ2v) is 4.50. The first-order valence-corrected chi connectivity index (χ1v) is 7.11. The first kappa shape index (κ1) is 18.5. The molecule has 0 saturated heterocycles. The summed E-state index contributed by atoms with van der Waals surface area (Å²) in [6, 6.07) is 3.85. The lowest BCUT2D eigenvalue weighted by molar-refractivity contribution is 0.376. The molecule has 122 valence electrons. The molecule has 2 aromatic rings. The molecule has 0 saturated carbocycles. The van der Waals surface area contributed by atoms with E-state index in [2.05, 4.69) is 25.8 Å². The summed E-state index contributed by atoms with van der Waals surface area (Å²) < 4.78 is 10.3. The van der Waals surface area contributed by atoms with E-state index in [0.29, 0.717) is 24.7 Å². The van der Waals surface area contributed by atoms with E-state index in [9.17, 15) is 0 Å². The van der Waals surface area contributed by atoms with Crippen LogP contribution in [0, 0.1) is 6.92 Å². The Hall–Kier alpha value is -1.58. The van der Waals surface area contributed by atoms with Crippen LogP contribution in [-0.4, -0.2) is 35.7 Å². The van der Waals surface area contributed by atoms with Crippen LogP contribution >= 0.6 is 24.0 Å². The van der Waals surface area contributed by atoms with Crippen molar-refractivity contribution >= 4 is 29.9 Å². The highest BCUT2D eigenvalue weighted by molar-refractivity contribution is 14.0. The molecular weight excluding hydrogens is 397 g/mol. The third kappa shape index (κ3) is 6.46. The van der Waals surface area contributed by atoms with Crippen LogP contribution in [-0.2, 0) is 12.8 Å². The zero-order valence-corrected chi connectivity index (χ0v) is 15.2. The van der Waals surface area contributed by atoms with Crippen molar-refractivity contribution in [3.05, 3.63) is 35.9 Å². The van der Waals surface area contributed by atoms with Gasteiger partial charge in [0.1, 0.15) is 5.76 Å². The second-order valence-electron chi connectivity index (χ2n) is 4.50. The Morgan fingerprint density at radius 3 is 2.82 bits per heavy atom. The van der Waals surface area contributed by atoms with Gasteiger partial charge in [-0.1, -0.05) is 5.16 Å². The number of hydrogen-bond donors (Lipinski definition) is 2. The third-order valence-corrected chi connectivity index (χ3v) is 2.75. The summed E-state index contributed by atoms with van der Waals surface area (Å²) in [6.45, 7) is 6.00. The molecule has 0 radical (unpaired) electrons. The summed E-state index contributed by atoms with van der Waals surface area (Å²) >= 11 is 0. The van der Waals surface area contributed by atoms with Gasteiger partial charge in [0.25, 0.3) is 0 Å². The highest BCUT2D eigenvalue weighted by Crippen LogP contribution is 1.99. The van der Waals surface area contributed by atoms with Crippen LogP contribution in [0.25, 0.3) is 0 Å². The topological polar surface area (TPSA) is 88.5 Å². The largest absolute Gasteiger partial charge is 0.469 e. The molecule has 0 spiro atoms. The smallest absolute Gasteiger partial charge is 0.228 e. The summed E-state index contributed by atoms with van der Waals surface area (Å²) in [5.74, 6) is 3.00. The van der Waals surface area contributed by atoms with Crippen molar-refractivity contribution in [2.75, 3.05) is 19.6 Å². The molecule has 0 aliphatic rings. The zero-order valence-electron chi connectivity index (χ0n) is 12.8. The molecule has 0 fully saturated rings. The number of nitrogens with one attached hydrogen (secondary N) is 2. The predicted octanol–water partition coefficient (Wildman–Crippen LogP) is 1.93. The van der Waals surface area contributed by atoms with E-state index in [4.69, 9.17) is 8.94 Å². The van der Waals surface area contributed by atoms with Crippen molar-refractivity contribution in [1.29, 1.82) is 0 Å². The van der Waals surface area contributed by atoms with E-state index in [1.54, 1.807) is 13.2 Å². The SMILES string of the molecule is CCNC(=NCCc1nc(C)no1)NCCc1ccco1.I. The maximum absolute atomic E-state index is 5.29. The molecule has 2 aromatic heterocycles. The van der Waals surface area contributed by atoms with E-state index in [-0.39, 0.29) is 24.0 Å². The Morgan fingerprint density at radius 2 is 2.18 bits per heavy atom. The molecule has 0 bridgehead atoms. The molecule has 2 heterocycles. The fourth-order valence-corrected chi connectivity index (χ4v) is 1.81. The summed E-state index contributed by atoms with van der Waals surface area (Å²) in [5.41, 5.74) is 0. The maximum Gasteiger partial charge on any atom is 0.228 e. The molecule has 22 heavy (non-hydrogen) atoms. The van der Waals surface area contributed by atoms with Crippen LogP contribution in [0.3, 0.4) is 0 Å². The van der Waals surface area contributed by atoms with Crippen LogP contribution in [0.4, 0.5) is 0 Å². The van der Waals surface area contributed by atoms with E-state index >= 15 is 0 Å². The second kappa shape index (κ2) is 10.2. The Balaban J connectivity index is 0.00000242. The number of halogens is 1. The van der Waals surface area contributed by atoms with Gasteiger partial charge in [0.15, 0.2) is 11.8 Å². The van der Waals surface area contributed by atoms with Gasteiger partial charge in [-0.3, -0.25) is 4.99 Å². The van der Waals surface area contributed by atoms with Gasteiger partial charge in [-0.25, -0.2) is 0 Å². The van der Waals surface area contributed by atoms with E-state index in [1.807, 2.05) is 19.1 Å². The standard InChI is InChI=1S/C14H21N5O2.HI/c1-3-15-14(16-8-6-12-5-4-10-20-12)17-9-7-13-18-11(2)19-21-13;/h4-5,10H,3,6-9H2,1-2H3,(H2,15,16,17);1H. The van der Waals surface area contributed by atoms with Crippen LogP contribution in [0.1, 0.15) is 24.4 Å². The average Bonchev–Trinajstić information content (AvgIpc) is 3.11. The Morgan fingerprint density at radius 1 is 1.32 bits per heavy atom. The third-order valence-electron chi connectivity index (χ3n) is 2.75. The Labute approximate surface area is 147 Å². The molecule has 8 heteroatoms. The van der Waals surface area contributed by atoms with Crippen LogP contribution in [0.5, 0.6) is 0 Å². The van der Waals surface area contributed by atoms with Crippen molar-refractivity contribution in [1.82, 2.24) is 20.8 Å². The van der Waals surface area contributed by atoms with E-state index < -0.39 is 0 Å². The first-order chi connectivity index (χ1) is 10.3. The van der Waals surface area contributed by atoms with Crippen LogP contribution in [0.15, 0.2) is 32.3 Å². The summed E-state index contributed by atoms with van der Waals surface area (Å²) in [7, 11) is 0. The molecule has 0 aliphatic heterocycles. The molecule has 2 N–H and O–H groups in total. The van der Waals surface area contributed by atoms with Crippen molar-refractivity contribution < 1.29 is 8.94 Å². The average molecular weight is 419 g/mol. The number of rotatable bonds is 7.